The van der Waals surface area contributed by atoms with Gasteiger partial charge in [0.1, 0.15) is 0 Å². The maximum Gasteiger partial charge on any atom is 0.0853 e. The molecule has 0 fully saturated rings. The van der Waals surface area contributed by atoms with Gasteiger partial charge in [-0.1, -0.05) is 12.8 Å². The number of hydrogen-bond acceptors (Lipinski definition) is 2. The first-order valence-corrected chi connectivity index (χ1v) is 4.42. The molecule has 0 aromatic carbocycles. The summed E-state index contributed by atoms with van der Waals surface area (Å²) in [6.07, 6.45) is 8.15. The zero-order chi connectivity index (χ0) is 9.84. The summed E-state index contributed by atoms with van der Waals surface area (Å²) in [4.78, 5) is 0. The number of nitrogens with zero attached hydrogens (tertiary/aromatic N) is 2. The number of anilines is 1. The van der Waals surface area contributed by atoms with Gasteiger partial charge >= 0.3 is 0 Å². The van der Waals surface area contributed by atoms with E-state index in [0.29, 0.717) is 0 Å². The van der Waals surface area contributed by atoms with E-state index in [4.69, 9.17) is 6.42 Å². The third kappa shape index (κ3) is 2.25. The van der Waals surface area contributed by atoms with Gasteiger partial charge in [0, 0.05) is 13.2 Å². The Labute approximate surface area is 79.1 Å². The lowest BCUT2D eigenvalue weighted by molar-refractivity contribution is 0.746. The molecule has 1 aromatic heterocycles. The van der Waals surface area contributed by atoms with E-state index in [1.807, 2.05) is 20.2 Å². The summed E-state index contributed by atoms with van der Waals surface area (Å²) in [5.41, 5.74) is 2.10. The number of hydrogen-bond donors (Lipinski definition) is 1. The Kier molecular flexibility index (Phi) is 2.97. The van der Waals surface area contributed by atoms with E-state index < -0.39 is 0 Å². The van der Waals surface area contributed by atoms with Crippen molar-refractivity contribution >= 4 is 5.69 Å². The third-order valence-electron chi connectivity index (χ3n) is 1.86. The van der Waals surface area contributed by atoms with Gasteiger partial charge in [-0.3, -0.25) is 4.68 Å². The molecular weight excluding hydrogens is 162 g/mol. The van der Waals surface area contributed by atoms with E-state index in [1.165, 1.54) is 0 Å². The van der Waals surface area contributed by atoms with Crippen molar-refractivity contribution in [2.45, 2.75) is 26.3 Å². The van der Waals surface area contributed by atoms with E-state index in [9.17, 15) is 0 Å². The van der Waals surface area contributed by atoms with Gasteiger partial charge in [0.25, 0.3) is 0 Å². The Morgan fingerprint density at radius 2 is 2.46 bits per heavy atom. The number of terminal acetylenes is 1. The minimum atomic E-state index is 0.0505. The van der Waals surface area contributed by atoms with Crippen molar-refractivity contribution in [3.8, 4) is 12.3 Å². The molecule has 1 N–H and O–H groups in total. The van der Waals surface area contributed by atoms with E-state index in [0.717, 1.165) is 17.8 Å². The molecular formula is C10H15N3. The first-order valence-electron chi connectivity index (χ1n) is 4.42. The van der Waals surface area contributed by atoms with Crippen LogP contribution in [0.1, 0.15) is 19.5 Å². The molecule has 1 rings (SSSR count). The zero-order valence-electron chi connectivity index (χ0n) is 8.33. The van der Waals surface area contributed by atoms with E-state index in [2.05, 4.69) is 23.3 Å². The number of nitrogens with one attached hydrogen (secondary N) is 1. The minimum absolute atomic E-state index is 0.0505. The predicted octanol–water partition coefficient (Wildman–Crippen LogP) is 1.42. The average Bonchev–Trinajstić information content (AvgIpc) is 2.46. The van der Waals surface area contributed by atoms with Gasteiger partial charge < -0.3 is 5.32 Å². The molecule has 13 heavy (non-hydrogen) atoms. The van der Waals surface area contributed by atoms with E-state index in [1.54, 1.807) is 4.68 Å². The number of rotatable bonds is 3. The molecule has 0 radical (unpaired) electrons. The lowest BCUT2D eigenvalue weighted by Gasteiger charge is -2.07. The standard InChI is InChI=1S/C10H15N3/c1-5-8(3)11-10-7-13(4)12-9(10)6-2/h1,7-8,11H,6H2,2-4H3. The Hall–Kier alpha value is -1.43. The molecule has 0 saturated carbocycles. The molecule has 0 aliphatic rings. The van der Waals surface area contributed by atoms with Gasteiger partial charge in [0.2, 0.25) is 0 Å². The molecule has 1 aromatic rings. The fraction of sp³-hybridized carbons (Fsp3) is 0.500. The van der Waals surface area contributed by atoms with Crippen molar-refractivity contribution in [1.29, 1.82) is 0 Å². The maximum absolute atomic E-state index is 5.28. The molecule has 0 amide bonds. The second-order valence-corrected chi connectivity index (χ2v) is 3.05. The summed E-state index contributed by atoms with van der Waals surface area (Å²) in [7, 11) is 1.91. The van der Waals surface area contributed by atoms with Crippen LogP contribution in [0.3, 0.4) is 0 Å². The van der Waals surface area contributed by atoms with Crippen LogP contribution in [0.5, 0.6) is 0 Å². The predicted molar refractivity (Wildman–Crippen MR) is 54.5 cm³/mol. The molecule has 1 heterocycles. The first-order chi connectivity index (χ1) is 6.17. The van der Waals surface area contributed by atoms with Gasteiger partial charge in [0.15, 0.2) is 0 Å². The van der Waals surface area contributed by atoms with Crippen LogP contribution in [0.2, 0.25) is 0 Å². The molecule has 70 valence electrons. The highest BCUT2D eigenvalue weighted by Gasteiger charge is 2.06. The lowest BCUT2D eigenvalue weighted by Crippen LogP contribution is -2.12. The minimum Gasteiger partial charge on any atom is -0.369 e. The summed E-state index contributed by atoms with van der Waals surface area (Å²) >= 11 is 0. The van der Waals surface area contributed by atoms with Crippen LogP contribution in [0.25, 0.3) is 0 Å². The zero-order valence-corrected chi connectivity index (χ0v) is 8.33. The molecule has 1 unspecified atom stereocenters. The van der Waals surface area contributed by atoms with Crippen LogP contribution in [-0.4, -0.2) is 15.8 Å². The molecule has 3 nitrogen and oxygen atoms in total. The van der Waals surface area contributed by atoms with Crippen LogP contribution >= 0.6 is 0 Å². The fourth-order valence-corrected chi connectivity index (χ4v) is 1.19. The summed E-state index contributed by atoms with van der Waals surface area (Å²) < 4.78 is 1.80. The van der Waals surface area contributed by atoms with Gasteiger partial charge in [0.05, 0.1) is 17.4 Å². The molecule has 3 heteroatoms. The van der Waals surface area contributed by atoms with Crippen LogP contribution in [-0.2, 0) is 13.5 Å². The Morgan fingerprint density at radius 3 is 3.00 bits per heavy atom. The summed E-state index contributed by atoms with van der Waals surface area (Å²) in [6.45, 7) is 4.03. The van der Waals surface area contributed by atoms with E-state index in [-0.39, 0.29) is 6.04 Å². The molecule has 0 saturated heterocycles. The Bertz CT molecular complexity index is 319. The van der Waals surface area contributed by atoms with Gasteiger partial charge in [-0.2, -0.15) is 5.10 Å². The largest absolute Gasteiger partial charge is 0.369 e. The second-order valence-electron chi connectivity index (χ2n) is 3.05. The quantitative estimate of drug-likeness (QED) is 0.707. The lowest BCUT2D eigenvalue weighted by atomic mass is 10.2. The van der Waals surface area contributed by atoms with Gasteiger partial charge in [-0.15, -0.1) is 6.42 Å². The summed E-state index contributed by atoms with van der Waals surface area (Å²) in [6, 6.07) is 0.0505. The molecule has 1 atom stereocenters. The van der Waals surface area contributed by atoms with Crippen LogP contribution in [0.4, 0.5) is 5.69 Å². The van der Waals surface area contributed by atoms with Crippen molar-refractivity contribution in [2.75, 3.05) is 5.32 Å². The van der Waals surface area contributed by atoms with Gasteiger partial charge in [-0.05, 0) is 13.3 Å². The van der Waals surface area contributed by atoms with Crippen LogP contribution < -0.4 is 5.32 Å². The molecule has 0 spiro atoms. The van der Waals surface area contributed by atoms with E-state index >= 15 is 0 Å². The normalized spacial score (nSPS) is 12.2. The molecule has 0 aliphatic carbocycles. The topological polar surface area (TPSA) is 29.9 Å². The van der Waals surface area contributed by atoms with Crippen molar-refractivity contribution in [3.05, 3.63) is 11.9 Å². The second kappa shape index (κ2) is 3.99. The van der Waals surface area contributed by atoms with Crippen molar-refractivity contribution in [2.24, 2.45) is 7.05 Å². The van der Waals surface area contributed by atoms with Gasteiger partial charge in [-0.25, -0.2) is 0 Å². The van der Waals surface area contributed by atoms with Crippen molar-refractivity contribution in [1.82, 2.24) is 9.78 Å². The highest BCUT2D eigenvalue weighted by molar-refractivity contribution is 5.48. The summed E-state index contributed by atoms with van der Waals surface area (Å²) in [5.74, 6) is 2.63. The highest BCUT2D eigenvalue weighted by atomic mass is 15.3. The number of aryl methyl sites for hydroxylation is 2. The average molecular weight is 177 g/mol. The molecule has 0 bridgehead atoms. The van der Waals surface area contributed by atoms with Crippen LogP contribution in [0.15, 0.2) is 6.20 Å². The monoisotopic (exact) mass is 177 g/mol. The van der Waals surface area contributed by atoms with Crippen molar-refractivity contribution in [3.63, 3.8) is 0 Å². The maximum atomic E-state index is 5.28. The SMILES string of the molecule is C#CC(C)Nc1cn(C)nc1CC. The number of aromatic nitrogens is 2. The van der Waals surface area contributed by atoms with Crippen molar-refractivity contribution < 1.29 is 0 Å². The van der Waals surface area contributed by atoms with Crippen LogP contribution in [0, 0.1) is 12.3 Å². The summed E-state index contributed by atoms with van der Waals surface area (Å²) in [5, 5.41) is 7.51. The molecule has 0 aliphatic heterocycles. The first kappa shape index (κ1) is 9.66. The smallest absolute Gasteiger partial charge is 0.0853 e. The third-order valence-corrected chi connectivity index (χ3v) is 1.86. The Balaban J connectivity index is 2.82. The highest BCUT2D eigenvalue weighted by Crippen LogP contribution is 2.14. The Morgan fingerprint density at radius 1 is 1.77 bits per heavy atom. The fourth-order valence-electron chi connectivity index (χ4n) is 1.19.